The lowest BCUT2D eigenvalue weighted by Crippen LogP contribution is -2.12. The summed E-state index contributed by atoms with van der Waals surface area (Å²) >= 11 is 0. The molecule has 7 heteroatoms. The van der Waals surface area contributed by atoms with E-state index in [0.717, 1.165) is 12.1 Å². The van der Waals surface area contributed by atoms with E-state index in [9.17, 15) is 13.2 Å². The quantitative estimate of drug-likeness (QED) is 0.658. The first-order valence-electron chi connectivity index (χ1n) is 6.28. The van der Waals surface area contributed by atoms with Crippen molar-refractivity contribution in [2.75, 3.05) is 6.54 Å². The van der Waals surface area contributed by atoms with E-state index in [2.05, 4.69) is 22.0 Å². The zero-order valence-corrected chi connectivity index (χ0v) is 11.2. The van der Waals surface area contributed by atoms with Gasteiger partial charge in [0.15, 0.2) is 5.82 Å². The van der Waals surface area contributed by atoms with Crippen molar-refractivity contribution >= 4 is 0 Å². The Bertz CT molecular complexity index is 608. The normalized spacial score (nSPS) is 11.6. The third kappa shape index (κ3) is 4.42. The maximum Gasteiger partial charge on any atom is 0.416 e. The molecule has 112 valence electrons. The average Bonchev–Trinajstić information content (AvgIpc) is 2.86. The van der Waals surface area contributed by atoms with E-state index in [-0.39, 0.29) is 6.42 Å². The third-order valence-electron chi connectivity index (χ3n) is 2.69. The predicted molar refractivity (Wildman–Crippen MR) is 70.5 cm³/mol. The van der Waals surface area contributed by atoms with Gasteiger partial charge in [0.2, 0.25) is 5.89 Å². The molecule has 1 heterocycles. The Balaban J connectivity index is 2.03. The Kier molecular flexibility index (Phi) is 4.74. The number of hydrogen-bond acceptors (Lipinski definition) is 4. The minimum Gasteiger partial charge on any atom is -0.338 e. The summed E-state index contributed by atoms with van der Waals surface area (Å²) in [5, 5.41) is 6.74. The molecule has 0 bridgehead atoms. The average molecular weight is 297 g/mol. The Morgan fingerprint density at radius 3 is 2.86 bits per heavy atom. The van der Waals surface area contributed by atoms with E-state index in [0.29, 0.717) is 30.4 Å². The van der Waals surface area contributed by atoms with Crippen molar-refractivity contribution < 1.29 is 17.7 Å². The minimum atomic E-state index is -4.35. The fraction of sp³-hybridized carbons (Fsp3) is 0.286. The molecule has 0 aliphatic heterocycles. The highest BCUT2D eigenvalue weighted by molar-refractivity contribution is 5.27. The fourth-order valence-corrected chi connectivity index (χ4v) is 1.76. The van der Waals surface area contributed by atoms with Gasteiger partial charge in [0.05, 0.1) is 12.1 Å². The van der Waals surface area contributed by atoms with Gasteiger partial charge < -0.3 is 9.84 Å². The van der Waals surface area contributed by atoms with Gasteiger partial charge in [-0.05, 0) is 11.6 Å². The van der Waals surface area contributed by atoms with Crippen LogP contribution in [0.1, 0.15) is 22.8 Å². The van der Waals surface area contributed by atoms with Crippen molar-refractivity contribution in [2.24, 2.45) is 0 Å². The number of rotatable bonds is 6. The Hall–Kier alpha value is -2.15. The van der Waals surface area contributed by atoms with Crippen LogP contribution < -0.4 is 5.32 Å². The van der Waals surface area contributed by atoms with Crippen LogP contribution in [0.2, 0.25) is 0 Å². The molecule has 0 aliphatic rings. The van der Waals surface area contributed by atoms with Crippen LogP contribution in [-0.2, 0) is 19.1 Å². The smallest absolute Gasteiger partial charge is 0.338 e. The predicted octanol–water partition coefficient (Wildman–Crippen LogP) is 2.95. The zero-order chi connectivity index (χ0) is 15.3. The summed E-state index contributed by atoms with van der Waals surface area (Å²) in [6.07, 6.45) is -2.47. The van der Waals surface area contributed by atoms with Crippen molar-refractivity contribution in [1.82, 2.24) is 15.5 Å². The molecule has 2 aromatic rings. The number of alkyl halides is 3. The van der Waals surface area contributed by atoms with Gasteiger partial charge in [0.25, 0.3) is 0 Å². The molecule has 0 atom stereocenters. The standard InChI is InChI=1S/C14H14F3N3O/c1-2-6-18-9-13-19-12(20-21-13)8-10-4-3-5-11(7-10)14(15,16)17/h2-5,7,18H,1,6,8-9H2. The van der Waals surface area contributed by atoms with E-state index in [1.54, 1.807) is 12.1 Å². The summed E-state index contributed by atoms with van der Waals surface area (Å²) in [6, 6.07) is 5.09. The molecule has 1 aromatic heterocycles. The summed E-state index contributed by atoms with van der Waals surface area (Å²) in [7, 11) is 0. The molecule has 0 amide bonds. The second-order valence-corrected chi connectivity index (χ2v) is 4.40. The molecule has 0 aliphatic carbocycles. The lowest BCUT2D eigenvalue weighted by molar-refractivity contribution is -0.137. The van der Waals surface area contributed by atoms with Crippen LogP contribution in [-0.4, -0.2) is 16.7 Å². The lowest BCUT2D eigenvalue weighted by atomic mass is 10.1. The molecule has 21 heavy (non-hydrogen) atoms. The van der Waals surface area contributed by atoms with Gasteiger partial charge in [-0.25, -0.2) is 0 Å². The van der Waals surface area contributed by atoms with Crippen LogP contribution in [0, 0.1) is 0 Å². The summed E-state index contributed by atoms with van der Waals surface area (Å²) in [6.45, 7) is 4.55. The first-order chi connectivity index (χ1) is 9.99. The van der Waals surface area contributed by atoms with Gasteiger partial charge in [-0.2, -0.15) is 18.2 Å². The van der Waals surface area contributed by atoms with Crippen molar-refractivity contribution in [3.8, 4) is 0 Å². The number of nitrogens with one attached hydrogen (secondary N) is 1. The first kappa shape index (κ1) is 15.2. The van der Waals surface area contributed by atoms with Crippen molar-refractivity contribution in [2.45, 2.75) is 19.1 Å². The lowest BCUT2D eigenvalue weighted by Gasteiger charge is -2.07. The van der Waals surface area contributed by atoms with E-state index in [1.165, 1.54) is 6.07 Å². The highest BCUT2D eigenvalue weighted by Gasteiger charge is 2.30. The van der Waals surface area contributed by atoms with Gasteiger partial charge in [-0.1, -0.05) is 29.4 Å². The maximum atomic E-state index is 12.6. The second kappa shape index (κ2) is 6.53. The minimum absolute atomic E-state index is 0.189. The van der Waals surface area contributed by atoms with Gasteiger partial charge in [-0.15, -0.1) is 6.58 Å². The van der Waals surface area contributed by atoms with Crippen LogP contribution in [0.25, 0.3) is 0 Å². The number of halogens is 3. The van der Waals surface area contributed by atoms with Crippen LogP contribution in [0.4, 0.5) is 13.2 Å². The Labute approximate surface area is 119 Å². The molecule has 0 radical (unpaired) electrons. The number of hydrogen-bond donors (Lipinski definition) is 1. The second-order valence-electron chi connectivity index (χ2n) is 4.40. The molecule has 1 aromatic carbocycles. The summed E-state index contributed by atoms with van der Waals surface area (Å²) in [5.74, 6) is 0.739. The van der Waals surface area contributed by atoms with E-state index in [4.69, 9.17) is 4.52 Å². The highest BCUT2D eigenvalue weighted by atomic mass is 19.4. The summed E-state index contributed by atoms with van der Waals surface area (Å²) in [5.41, 5.74) is -0.201. The molecule has 0 fully saturated rings. The maximum absolute atomic E-state index is 12.6. The monoisotopic (exact) mass is 297 g/mol. The topological polar surface area (TPSA) is 51.0 Å². The van der Waals surface area contributed by atoms with Crippen LogP contribution in [0.3, 0.4) is 0 Å². The van der Waals surface area contributed by atoms with Crippen molar-refractivity contribution in [3.05, 3.63) is 59.8 Å². The summed E-state index contributed by atoms with van der Waals surface area (Å²) < 4.78 is 42.9. The molecule has 0 saturated heterocycles. The van der Waals surface area contributed by atoms with E-state index < -0.39 is 11.7 Å². The summed E-state index contributed by atoms with van der Waals surface area (Å²) in [4.78, 5) is 4.11. The van der Waals surface area contributed by atoms with Gasteiger partial charge in [0.1, 0.15) is 0 Å². The molecule has 0 spiro atoms. The van der Waals surface area contributed by atoms with Crippen LogP contribution >= 0.6 is 0 Å². The molecule has 0 unspecified atom stereocenters. The van der Waals surface area contributed by atoms with Crippen LogP contribution in [0.5, 0.6) is 0 Å². The first-order valence-corrected chi connectivity index (χ1v) is 6.28. The number of aromatic nitrogens is 2. The molecule has 1 N–H and O–H groups in total. The molecular weight excluding hydrogens is 283 g/mol. The number of nitrogens with zero attached hydrogens (tertiary/aromatic N) is 2. The van der Waals surface area contributed by atoms with E-state index in [1.807, 2.05) is 0 Å². The van der Waals surface area contributed by atoms with Gasteiger partial charge >= 0.3 is 6.18 Å². The van der Waals surface area contributed by atoms with Crippen molar-refractivity contribution in [3.63, 3.8) is 0 Å². The van der Waals surface area contributed by atoms with Crippen LogP contribution in [0.15, 0.2) is 41.4 Å². The molecule has 4 nitrogen and oxygen atoms in total. The van der Waals surface area contributed by atoms with E-state index >= 15 is 0 Å². The Morgan fingerprint density at radius 2 is 2.14 bits per heavy atom. The highest BCUT2D eigenvalue weighted by Crippen LogP contribution is 2.29. The molecular formula is C14H14F3N3O. The molecule has 2 rings (SSSR count). The van der Waals surface area contributed by atoms with Crippen molar-refractivity contribution in [1.29, 1.82) is 0 Å². The molecule has 0 saturated carbocycles. The zero-order valence-electron chi connectivity index (χ0n) is 11.2. The van der Waals surface area contributed by atoms with Gasteiger partial charge in [0, 0.05) is 13.0 Å². The van der Waals surface area contributed by atoms with Gasteiger partial charge in [-0.3, -0.25) is 0 Å². The fourth-order valence-electron chi connectivity index (χ4n) is 1.76. The Morgan fingerprint density at radius 1 is 1.33 bits per heavy atom. The number of benzene rings is 1. The third-order valence-corrected chi connectivity index (χ3v) is 2.69. The largest absolute Gasteiger partial charge is 0.416 e. The SMILES string of the molecule is C=CCNCc1nc(Cc2cccc(C(F)(F)F)c2)no1.